The third-order valence-electron chi connectivity index (χ3n) is 3.03. The summed E-state index contributed by atoms with van der Waals surface area (Å²) in [6, 6.07) is 5.04. The van der Waals surface area contributed by atoms with Crippen LogP contribution in [-0.2, 0) is 16.6 Å². The topological polar surface area (TPSA) is 72.6 Å². The zero-order chi connectivity index (χ0) is 15.2. The van der Waals surface area contributed by atoms with Gasteiger partial charge in [-0.2, -0.15) is 4.31 Å². The third-order valence-corrected chi connectivity index (χ3v) is 4.95. The van der Waals surface area contributed by atoms with Gasteiger partial charge in [0, 0.05) is 19.6 Å². The number of benzene rings is 1. The van der Waals surface area contributed by atoms with Crippen molar-refractivity contribution in [3.05, 3.63) is 23.8 Å². The number of methoxy groups -OCH3 is 1. The molecule has 0 heterocycles. The van der Waals surface area contributed by atoms with Crippen LogP contribution in [0, 0.1) is 0 Å². The fraction of sp³-hybridized carbons (Fsp3) is 0.571. The van der Waals surface area contributed by atoms with Crippen LogP contribution in [0.25, 0.3) is 0 Å². The molecule has 0 spiro atoms. The molecule has 0 amide bonds. The standard InChI is InChI=1S/C14H24N2O3S/c1-4-8-16(9-5-2)20(17,18)14-10-12(11-15)6-7-13(14)19-3/h6-7,10H,4-5,8-9,11,15H2,1-3H3. The highest BCUT2D eigenvalue weighted by Crippen LogP contribution is 2.28. The molecule has 0 aliphatic heterocycles. The van der Waals surface area contributed by atoms with E-state index in [0.717, 1.165) is 18.4 Å². The quantitative estimate of drug-likeness (QED) is 0.796. The van der Waals surface area contributed by atoms with Gasteiger partial charge in [-0.05, 0) is 30.5 Å². The highest BCUT2D eigenvalue weighted by molar-refractivity contribution is 7.89. The summed E-state index contributed by atoms with van der Waals surface area (Å²) in [5, 5.41) is 0. The molecule has 20 heavy (non-hydrogen) atoms. The second-order valence-corrected chi connectivity index (χ2v) is 6.50. The fourth-order valence-corrected chi connectivity index (χ4v) is 3.87. The Morgan fingerprint density at radius 1 is 1.20 bits per heavy atom. The number of sulfonamides is 1. The lowest BCUT2D eigenvalue weighted by Gasteiger charge is -2.22. The van der Waals surface area contributed by atoms with Gasteiger partial charge in [0.1, 0.15) is 10.6 Å². The molecular weight excluding hydrogens is 276 g/mol. The SMILES string of the molecule is CCCN(CCC)S(=O)(=O)c1cc(CN)ccc1OC. The first-order valence-corrected chi connectivity index (χ1v) is 8.32. The lowest BCUT2D eigenvalue weighted by molar-refractivity contribution is 0.387. The van der Waals surface area contributed by atoms with Crippen LogP contribution in [0.2, 0.25) is 0 Å². The molecule has 0 atom stereocenters. The van der Waals surface area contributed by atoms with Gasteiger partial charge in [-0.15, -0.1) is 0 Å². The van der Waals surface area contributed by atoms with Crippen LogP contribution in [0.4, 0.5) is 0 Å². The van der Waals surface area contributed by atoms with Crippen LogP contribution in [-0.4, -0.2) is 32.9 Å². The Bertz CT molecular complexity index is 523. The Balaban J connectivity index is 3.30. The van der Waals surface area contributed by atoms with Gasteiger partial charge < -0.3 is 10.5 Å². The Morgan fingerprint density at radius 2 is 1.80 bits per heavy atom. The zero-order valence-electron chi connectivity index (χ0n) is 12.4. The number of hydrogen-bond acceptors (Lipinski definition) is 4. The summed E-state index contributed by atoms with van der Waals surface area (Å²) in [5.74, 6) is 0.361. The lowest BCUT2D eigenvalue weighted by atomic mass is 10.2. The molecule has 1 aromatic carbocycles. The Morgan fingerprint density at radius 3 is 2.25 bits per heavy atom. The van der Waals surface area contributed by atoms with Crippen molar-refractivity contribution in [2.24, 2.45) is 5.73 Å². The molecule has 0 aliphatic carbocycles. The summed E-state index contributed by atoms with van der Waals surface area (Å²) < 4.78 is 32.2. The normalized spacial score (nSPS) is 11.8. The average Bonchev–Trinajstić information content (AvgIpc) is 2.46. The number of rotatable bonds is 8. The summed E-state index contributed by atoms with van der Waals surface area (Å²) in [6.45, 7) is 5.24. The van der Waals surface area contributed by atoms with Crippen molar-refractivity contribution in [1.82, 2.24) is 4.31 Å². The van der Waals surface area contributed by atoms with E-state index in [4.69, 9.17) is 10.5 Å². The van der Waals surface area contributed by atoms with E-state index in [1.807, 2.05) is 13.8 Å². The van der Waals surface area contributed by atoms with Gasteiger partial charge in [-0.25, -0.2) is 8.42 Å². The van der Waals surface area contributed by atoms with Gasteiger partial charge >= 0.3 is 0 Å². The van der Waals surface area contributed by atoms with Gasteiger partial charge in [0.25, 0.3) is 0 Å². The predicted molar refractivity (Wildman–Crippen MR) is 80.2 cm³/mol. The van der Waals surface area contributed by atoms with E-state index in [0.29, 0.717) is 25.4 Å². The van der Waals surface area contributed by atoms with E-state index in [-0.39, 0.29) is 4.90 Å². The highest BCUT2D eigenvalue weighted by atomic mass is 32.2. The summed E-state index contributed by atoms with van der Waals surface area (Å²) in [5.41, 5.74) is 6.37. The molecule has 114 valence electrons. The Hall–Kier alpha value is -1.11. The maximum Gasteiger partial charge on any atom is 0.246 e. The van der Waals surface area contributed by atoms with Crippen molar-refractivity contribution in [3.63, 3.8) is 0 Å². The number of ether oxygens (including phenoxy) is 1. The Labute approximate surface area is 121 Å². The van der Waals surface area contributed by atoms with Crippen LogP contribution < -0.4 is 10.5 Å². The maximum absolute atomic E-state index is 12.8. The van der Waals surface area contributed by atoms with Crippen LogP contribution >= 0.6 is 0 Å². The van der Waals surface area contributed by atoms with E-state index in [2.05, 4.69) is 0 Å². The summed E-state index contributed by atoms with van der Waals surface area (Å²) in [6.07, 6.45) is 1.55. The summed E-state index contributed by atoms with van der Waals surface area (Å²) in [7, 11) is -2.08. The van der Waals surface area contributed by atoms with Crippen molar-refractivity contribution in [2.45, 2.75) is 38.1 Å². The first-order chi connectivity index (χ1) is 9.51. The first-order valence-electron chi connectivity index (χ1n) is 6.88. The number of nitrogens with zero attached hydrogens (tertiary/aromatic N) is 1. The zero-order valence-corrected chi connectivity index (χ0v) is 13.2. The second kappa shape index (κ2) is 7.61. The monoisotopic (exact) mass is 300 g/mol. The van der Waals surface area contributed by atoms with Crippen molar-refractivity contribution in [1.29, 1.82) is 0 Å². The first kappa shape index (κ1) is 16.9. The molecule has 5 nitrogen and oxygen atoms in total. The molecule has 0 unspecified atom stereocenters. The lowest BCUT2D eigenvalue weighted by Crippen LogP contribution is -2.33. The molecule has 1 aromatic rings. The molecule has 6 heteroatoms. The van der Waals surface area contributed by atoms with Gasteiger partial charge in [-0.3, -0.25) is 0 Å². The van der Waals surface area contributed by atoms with E-state index in [9.17, 15) is 8.42 Å². The molecule has 0 aromatic heterocycles. The van der Waals surface area contributed by atoms with Crippen LogP contribution in [0.3, 0.4) is 0 Å². The third kappa shape index (κ3) is 3.71. The highest BCUT2D eigenvalue weighted by Gasteiger charge is 2.26. The summed E-state index contributed by atoms with van der Waals surface area (Å²) in [4.78, 5) is 0.199. The molecule has 2 N–H and O–H groups in total. The molecule has 0 saturated heterocycles. The molecular formula is C14H24N2O3S. The molecule has 1 rings (SSSR count). The minimum absolute atomic E-state index is 0.199. The van der Waals surface area contributed by atoms with Gasteiger partial charge in [0.2, 0.25) is 10.0 Å². The van der Waals surface area contributed by atoms with Crippen molar-refractivity contribution in [2.75, 3.05) is 20.2 Å². The van der Waals surface area contributed by atoms with Crippen molar-refractivity contribution in [3.8, 4) is 5.75 Å². The van der Waals surface area contributed by atoms with Gasteiger partial charge in [0.15, 0.2) is 0 Å². The second-order valence-electron chi connectivity index (χ2n) is 4.59. The van der Waals surface area contributed by atoms with Gasteiger partial charge in [-0.1, -0.05) is 19.9 Å². The number of nitrogens with two attached hydrogens (primary N) is 1. The Kier molecular flexibility index (Phi) is 6.45. The average molecular weight is 300 g/mol. The van der Waals surface area contributed by atoms with Crippen LogP contribution in [0.15, 0.2) is 23.1 Å². The smallest absolute Gasteiger partial charge is 0.246 e. The van der Waals surface area contributed by atoms with Crippen molar-refractivity contribution >= 4 is 10.0 Å². The molecule has 0 bridgehead atoms. The van der Waals surface area contributed by atoms with E-state index >= 15 is 0 Å². The van der Waals surface area contributed by atoms with Crippen LogP contribution in [0.5, 0.6) is 5.75 Å². The van der Waals surface area contributed by atoms with Crippen molar-refractivity contribution < 1.29 is 13.2 Å². The van der Waals surface area contributed by atoms with E-state index < -0.39 is 10.0 Å². The molecule has 0 radical (unpaired) electrons. The molecule has 0 saturated carbocycles. The van der Waals surface area contributed by atoms with E-state index in [1.54, 1.807) is 18.2 Å². The minimum atomic E-state index is -3.55. The largest absolute Gasteiger partial charge is 0.495 e. The number of hydrogen-bond donors (Lipinski definition) is 1. The molecule has 0 aliphatic rings. The fourth-order valence-electron chi connectivity index (χ4n) is 2.04. The maximum atomic E-state index is 12.8. The predicted octanol–water partition coefficient (Wildman–Crippen LogP) is 1.96. The van der Waals surface area contributed by atoms with E-state index in [1.165, 1.54) is 11.4 Å². The van der Waals surface area contributed by atoms with Gasteiger partial charge in [0.05, 0.1) is 7.11 Å². The summed E-state index contributed by atoms with van der Waals surface area (Å²) >= 11 is 0. The van der Waals surface area contributed by atoms with Crippen LogP contribution in [0.1, 0.15) is 32.3 Å². The minimum Gasteiger partial charge on any atom is -0.495 e. The molecule has 0 fully saturated rings.